The number of hydrogen-bond acceptors (Lipinski definition) is 6. The summed E-state index contributed by atoms with van der Waals surface area (Å²) in [7, 11) is 1.66. The first kappa shape index (κ1) is 21.6. The Balaban J connectivity index is 1.14. The van der Waals surface area contributed by atoms with E-state index < -0.39 is 0 Å². The molecule has 4 saturated carbocycles. The average molecular weight is 460 g/mol. The van der Waals surface area contributed by atoms with Crippen LogP contribution in [0.4, 0.5) is 0 Å². The maximum atomic E-state index is 6.05. The highest BCUT2D eigenvalue weighted by atomic mass is 16.5. The van der Waals surface area contributed by atoms with Gasteiger partial charge in [-0.05, 0) is 109 Å². The van der Waals surface area contributed by atoms with Gasteiger partial charge in [0.05, 0.1) is 12.8 Å². The van der Waals surface area contributed by atoms with Crippen LogP contribution in [0, 0.1) is 23.2 Å². The molecule has 1 atom stereocenters. The van der Waals surface area contributed by atoms with Crippen LogP contribution in [0.3, 0.4) is 0 Å². The Morgan fingerprint density at radius 3 is 2.38 bits per heavy atom. The standard InChI is InChI=1S/C27H33N5O2/c1-18(27-14-20-10-21(15-27)12-22(11-20)16-27)28-17-19-8-9-24(25(13-19)33-2)34-26-29-30-31-32(26)23-6-4-3-5-7-23/h3-9,13,18,20-22,28H,10-12,14-17H2,1-2H3. The van der Waals surface area contributed by atoms with Crippen LogP contribution < -0.4 is 14.8 Å². The summed E-state index contributed by atoms with van der Waals surface area (Å²) in [6.07, 6.45) is 8.70. The third-order valence-electron chi connectivity index (χ3n) is 8.49. The van der Waals surface area contributed by atoms with E-state index in [0.29, 0.717) is 29.0 Å². The SMILES string of the molecule is COc1cc(CNC(C)C23CC4CC(CC(C4)C2)C3)ccc1Oc1nnnn1-c1ccccc1. The Hall–Kier alpha value is -2.93. The summed E-state index contributed by atoms with van der Waals surface area (Å²) in [6.45, 7) is 3.23. The third kappa shape index (κ3) is 3.96. The lowest BCUT2D eigenvalue weighted by molar-refractivity contribution is -0.0706. The van der Waals surface area contributed by atoms with E-state index in [4.69, 9.17) is 9.47 Å². The van der Waals surface area contributed by atoms with Gasteiger partial charge in [0.25, 0.3) is 0 Å². The quantitative estimate of drug-likeness (QED) is 0.502. The first-order valence-corrected chi connectivity index (χ1v) is 12.5. The van der Waals surface area contributed by atoms with E-state index in [-0.39, 0.29) is 0 Å². The van der Waals surface area contributed by atoms with Crippen molar-refractivity contribution in [2.45, 2.75) is 58.0 Å². The highest BCUT2D eigenvalue weighted by molar-refractivity contribution is 5.44. The number of aromatic nitrogens is 4. The van der Waals surface area contributed by atoms with Crippen LogP contribution in [0.1, 0.15) is 51.0 Å². The molecule has 178 valence electrons. The van der Waals surface area contributed by atoms with Crippen molar-refractivity contribution >= 4 is 0 Å². The second-order valence-electron chi connectivity index (χ2n) is 10.7. The average Bonchev–Trinajstić information content (AvgIpc) is 3.31. The highest BCUT2D eigenvalue weighted by Crippen LogP contribution is 2.61. The lowest BCUT2D eigenvalue weighted by atomic mass is 9.48. The zero-order valence-electron chi connectivity index (χ0n) is 20.0. The lowest BCUT2D eigenvalue weighted by Gasteiger charge is -2.59. The summed E-state index contributed by atoms with van der Waals surface area (Å²) in [5.74, 6) is 4.18. The number of tetrazole rings is 1. The zero-order chi connectivity index (χ0) is 23.1. The van der Waals surface area contributed by atoms with E-state index in [2.05, 4.69) is 33.8 Å². The molecule has 1 N–H and O–H groups in total. The normalized spacial score (nSPS) is 28.1. The molecule has 34 heavy (non-hydrogen) atoms. The summed E-state index contributed by atoms with van der Waals surface area (Å²) in [5, 5.41) is 15.8. The number of ether oxygens (including phenoxy) is 2. The molecule has 0 amide bonds. The molecule has 0 saturated heterocycles. The van der Waals surface area contributed by atoms with Crippen molar-refractivity contribution in [3.63, 3.8) is 0 Å². The van der Waals surface area contributed by atoms with Crippen molar-refractivity contribution in [2.75, 3.05) is 7.11 Å². The van der Waals surface area contributed by atoms with Gasteiger partial charge in [0.2, 0.25) is 0 Å². The molecule has 1 unspecified atom stereocenters. The van der Waals surface area contributed by atoms with Crippen LogP contribution >= 0.6 is 0 Å². The summed E-state index contributed by atoms with van der Waals surface area (Å²) >= 11 is 0. The molecule has 1 aromatic heterocycles. The number of benzene rings is 2. The second-order valence-corrected chi connectivity index (χ2v) is 10.7. The van der Waals surface area contributed by atoms with E-state index >= 15 is 0 Å². The summed E-state index contributed by atoms with van der Waals surface area (Å²) in [5.41, 5.74) is 2.51. The van der Waals surface area contributed by atoms with Crippen molar-refractivity contribution in [3.05, 3.63) is 54.1 Å². The van der Waals surface area contributed by atoms with Crippen molar-refractivity contribution in [1.82, 2.24) is 25.5 Å². The molecule has 4 aliphatic carbocycles. The van der Waals surface area contributed by atoms with Crippen LogP contribution in [-0.4, -0.2) is 33.4 Å². The maximum absolute atomic E-state index is 6.05. The second kappa shape index (κ2) is 8.69. The Labute approximate surface area is 200 Å². The van der Waals surface area contributed by atoms with Crippen LogP contribution in [0.5, 0.6) is 17.5 Å². The summed E-state index contributed by atoms with van der Waals surface area (Å²) in [4.78, 5) is 0. The van der Waals surface area contributed by atoms with Crippen LogP contribution in [0.15, 0.2) is 48.5 Å². The molecule has 3 aromatic rings. The smallest absolute Gasteiger partial charge is 0.346 e. The molecule has 7 nitrogen and oxygen atoms in total. The molecule has 4 bridgehead atoms. The highest BCUT2D eigenvalue weighted by Gasteiger charge is 2.52. The summed E-state index contributed by atoms with van der Waals surface area (Å²) < 4.78 is 13.3. The van der Waals surface area contributed by atoms with Gasteiger partial charge in [-0.15, -0.1) is 0 Å². The van der Waals surface area contributed by atoms with Crippen molar-refractivity contribution in [2.24, 2.45) is 23.2 Å². The number of para-hydroxylation sites is 1. The van der Waals surface area contributed by atoms with E-state index in [9.17, 15) is 0 Å². The van der Waals surface area contributed by atoms with Gasteiger partial charge in [-0.2, -0.15) is 4.68 Å². The van der Waals surface area contributed by atoms with Crippen molar-refractivity contribution in [1.29, 1.82) is 0 Å². The van der Waals surface area contributed by atoms with E-state index in [1.165, 1.54) is 44.1 Å². The number of hydrogen-bond donors (Lipinski definition) is 1. The number of rotatable bonds is 8. The minimum atomic E-state index is 0.297. The van der Waals surface area contributed by atoms with Crippen molar-refractivity contribution in [3.8, 4) is 23.2 Å². The molecular weight excluding hydrogens is 426 g/mol. The minimum absolute atomic E-state index is 0.297. The number of methoxy groups -OCH3 is 1. The molecule has 7 rings (SSSR count). The number of nitrogens with zero attached hydrogens (tertiary/aromatic N) is 4. The molecule has 4 fully saturated rings. The monoisotopic (exact) mass is 459 g/mol. The maximum Gasteiger partial charge on any atom is 0.346 e. The van der Waals surface area contributed by atoms with Gasteiger partial charge >= 0.3 is 6.01 Å². The molecule has 2 aromatic carbocycles. The van der Waals surface area contributed by atoms with Crippen LogP contribution in [-0.2, 0) is 6.54 Å². The van der Waals surface area contributed by atoms with Gasteiger partial charge in [0.15, 0.2) is 11.5 Å². The molecule has 1 heterocycles. The number of nitrogens with one attached hydrogen (secondary N) is 1. The van der Waals surface area contributed by atoms with Gasteiger partial charge in [-0.3, -0.25) is 0 Å². The van der Waals surface area contributed by atoms with Crippen molar-refractivity contribution < 1.29 is 9.47 Å². The molecule has 0 radical (unpaired) electrons. The fourth-order valence-electron chi connectivity index (χ4n) is 7.17. The molecule has 0 aliphatic heterocycles. The Bertz CT molecular complexity index is 1110. The van der Waals surface area contributed by atoms with Gasteiger partial charge in [0.1, 0.15) is 0 Å². The predicted molar refractivity (Wildman–Crippen MR) is 129 cm³/mol. The van der Waals surface area contributed by atoms with Gasteiger partial charge in [-0.1, -0.05) is 29.4 Å². The lowest BCUT2D eigenvalue weighted by Crippen LogP contribution is -2.54. The van der Waals surface area contributed by atoms with Crippen LogP contribution in [0.2, 0.25) is 0 Å². The fourth-order valence-corrected chi connectivity index (χ4v) is 7.17. The Kier molecular flexibility index (Phi) is 5.52. The summed E-state index contributed by atoms with van der Waals surface area (Å²) in [6, 6.07) is 16.6. The molecule has 7 heteroatoms. The van der Waals surface area contributed by atoms with Gasteiger partial charge in [0, 0.05) is 12.6 Å². The third-order valence-corrected chi connectivity index (χ3v) is 8.49. The molecule has 0 spiro atoms. The van der Waals surface area contributed by atoms with Crippen LogP contribution in [0.25, 0.3) is 5.69 Å². The Morgan fingerprint density at radius 2 is 1.71 bits per heavy atom. The fraction of sp³-hybridized carbons (Fsp3) is 0.519. The van der Waals surface area contributed by atoms with Gasteiger partial charge in [-0.25, -0.2) is 0 Å². The predicted octanol–water partition coefficient (Wildman–Crippen LogP) is 5.16. The first-order valence-electron chi connectivity index (χ1n) is 12.5. The largest absolute Gasteiger partial charge is 0.493 e. The minimum Gasteiger partial charge on any atom is -0.493 e. The van der Waals surface area contributed by atoms with E-state index in [1.54, 1.807) is 11.8 Å². The first-order chi connectivity index (χ1) is 16.6. The zero-order valence-corrected chi connectivity index (χ0v) is 20.0. The molecule has 4 aliphatic rings. The van der Waals surface area contributed by atoms with E-state index in [1.807, 2.05) is 42.5 Å². The van der Waals surface area contributed by atoms with E-state index in [0.717, 1.165) is 30.0 Å². The topological polar surface area (TPSA) is 74.1 Å². The van der Waals surface area contributed by atoms with Gasteiger partial charge < -0.3 is 14.8 Å². The molecular formula is C27H33N5O2. The Morgan fingerprint density at radius 1 is 1.00 bits per heavy atom.